The van der Waals surface area contributed by atoms with Gasteiger partial charge >= 0.3 is 0 Å². The maximum absolute atomic E-state index is 11.3. The lowest BCUT2D eigenvalue weighted by molar-refractivity contribution is 0.195. The molecule has 0 aromatic heterocycles. The Balaban J connectivity index is 2.10. The molecule has 2 nitrogen and oxygen atoms in total. The smallest absolute Gasteiger partial charge is 0.106 e. The van der Waals surface area contributed by atoms with Crippen molar-refractivity contribution in [2.45, 2.75) is 4.90 Å². The second kappa shape index (κ2) is 6.37. The average molecular weight is 244 g/mol. The van der Waals surface area contributed by atoms with Gasteiger partial charge in [-0.05, 0) is 25.5 Å². The lowest BCUT2D eigenvalue weighted by Crippen LogP contribution is -1.99. The van der Waals surface area contributed by atoms with Gasteiger partial charge in [-0.25, -0.2) is 0 Å². The predicted molar refractivity (Wildman–Crippen MR) is 67.4 cm³/mol. The van der Waals surface area contributed by atoms with Gasteiger partial charge in [0, 0.05) is 10.6 Å². The van der Waals surface area contributed by atoms with E-state index in [-0.39, 0.29) is 0 Å². The number of hydrogen-bond donors (Lipinski definition) is 0. The third-order valence-electron chi connectivity index (χ3n) is 1.64. The molecule has 0 radical (unpaired) electrons. The fourth-order valence-corrected chi connectivity index (χ4v) is 2.37. The maximum atomic E-state index is 11.3. The van der Waals surface area contributed by atoms with Crippen LogP contribution in [-0.2, 0) is 9.30 Å². The maximum Gasteiger partial charge on any atom is 0.106 e. The zero-order chi connectivity index (χ0) is 11.1. The lowest BCUT2D eigenvalue weighted by atomic mass is 10.4. The molecule has 0 aliphatic carbocycles. The van der Waals surface area contributed by atoms with Crippen LogP contribution in [0.3, 0.4) is 0 Å². The van der Waals surface area contributed by atoms with E-state index in [0.29, 0.717) is 13.0 Å². The summed E-state index contributed by atoms with van der Waals surface area (Å²) >= 11 is 1.76. The number of hydrogen-bond acceptors (Lipinski definition) is 3. The first kappa shape index (κ1) is 12.8. The van der Waals surface area contributed by atoms with Crippen LogP contribution in [0.1, 0.15) is 0 Å². The lowest BCUT2D eigenvalue weighted by Gasteiger charge is -2.07. The monoisotopic (exact) mass is 244 g/mol. The molecule has 0 spiro atoms. The van der Waals surface area contributed by atoms with Crippen LogP contribution in [0.2, 0.25) is 0 Å². The quantitative estimate of drug-likeness (QED) is 0.436. The van der Waals surface area contributed by atoms with E-state index >= 15 is 0 Å². The Bertz CT molecular complexity index is 321. The molecule has 0 aliphatic rings. The van der Waals surface area contributed by atoms with Gasteiger partial charge in [-0.15, -0.1) is 11.8 Å². The molecular weight excluding hydrogens is 227 g/mol. The Morgan fingerprint density at radius 1 is 1.27 bits per heavy atom. The Morgan fingerprint density at radius 2 is 1.93 bits per heavy atom. The Morgan fingerprint density at radius 3 is 2.53 bits per heavy atom. The summed E-state index contributed by atoms with van der Waals surface area (Å²) in [5, 5.41) is 0. The van der Waals surface area contributed by atoms with Gasteiger partial charge in [0.1, 0.15) is 7.14 Å². The third kappa shape index (κ3) is 6.77. The van der Waals surface area contributed by atoms with Crippen molar-refractivity contribution in [3.05, 3.63) is 30.3 Å². The number of thioether (sulfide) groups is 1. The molecule has 0 unspecified atom stereocenters. The van der Waals surface area contributed by atoms with Crippen molar-refractivity contribution in [2.24, 2.45) is 0 Å². The van der Waals surface area contributed by atoms with Crippen LogP contribution in [-0.4, -0.2) is 32.0 Å². The standard InChI is InChI=1S/C11H17O2PS/c1-14(2,12)10-13-8-9-15-11-6-4-3-5-7-11/h3-7H,8-10H2,1-2H3. The van der Waals surface area contributed by atoms with Crippen molar-refractivity contribution in [1.82, 2.24) is 0 Å². The third-order valence-corrected chi connectivity index (χ3v) is 3.42. The highest BCUT2D eigenvalue weighted by molar-refractivity contribution is 7.99. The predicted octanol–water partition coefficient (Wildman–Crippen LogP) is 3.38. The highest BCUT2D eigenvalue weighted by Crippen LogP contribution is 2.35. The van der Waals surface area contributed by atoms with E-state index in [1.807, 2.05) is 18.2 Å². The van der Waals surface area contributed by atoms with Crippen LogP contribution in [0.5, 0.6) is 0 Å². The molecule has 0 saturated carbocycles. The normalized spacial score (nSPS) is 11.6. The summed E-state index contributed by atoms with van der Waals surface area (Å²) in [6.07, 6.45) is 0.391. The van der Waals surface area contributed by atoms with E-state index in [9.17, 15) is 4.57 Å². The van der Waals surface area contributed by atoms with Crippen LogP contribution in [0.25, 0.3) is 0 Å². The van der Waals surface area contributed by atoms with Crippen molar-refractivity contribution < 1.29 is 9.30 Å². The van der Waals surface area contributed by atoms with Gasteiger partial charge in [-0.3, -0.25) is 0 Å². The number of benzene rings is 1. The minimum atomic E-state index is -2.01. The van der Waals surface area contributed by atoms with Gasteiger partial charge in [0.2, 0.25) is 0 Å². The first-order chi connectivity index (χ1) is 7.08. The molecule has 0 fully saturated rings. The Kier molecular flexibility index (Phi) is 5.44. The summed E-state index contributed by atoms with van der Waals surface area (Å²) in [6.45, 7) is 4.15. The van der Waals surface area contributed by atoms with Crippen molar-refractivity contribution >= 4 is 18.9 Å². The average Bonchev–Trinajstić information content (AvgIpc) is 2.17. The molecule has 0 saturated heterocycles. The molecule has 4 heteroatoms. The van der Waals surface area contributed by atoms with Crippen LogP contribution >= 0.6 is 18.9 Å². The SMILES string of the molecule is CP(C)(=O)COCCSc1ccccc1. The van der Waals surface area contributed by atoms with Crippen molar-refractivity contribution in [1.29, 1.82) is 0 Å². The number of ether oxygens (including phenoxy) is 1. The summed E-state index contributed by atoms with van der Waals surface area (Å²) in [5.74, 6) is 0.907. The van der Waals surface area contributed by atoms with E-state index in [1.54, 1.807) is 25.1 Å². The van der Waals surface area contributed by atoms with E-state index in [0.717, 1.165) is 5.75 Å². The van der Waals surface area contributed by atoms with E-state index in [2.05, 4.69) is 12.1 Å². The summed E-state index contributed by atoms with van der Waals surface area (Å²) in [7, 11) is -2.01. The van der Waals surface area contributed by atoms with E-state index < -0.39 is 7.14 Å². The first-order valence-corrected chi connectivity index (χ1v) is 8.65. The van der Waals surface area contributed by atoms with Gasteiger partial charge in [-0.2, -0.15) is 0 Å². The zero-order valence-electron chi connectivity index (χ0n) is 9.18. The summed E-state index contributed by atoms with van der Waals surface area (Å²) < 4.78 is 16.7. The Labute approximate surface area is 95.8 Å². The summed E-state index contributed by atoms with van der Waals surface area (Å²) in [5.41, 5.74) is 0. The van der Waals surface area contributed by atoms with Gasteiger partial charge < -0.3 is 9.30 Å². The highest BCUT2D eigenvalue weighted by atomic mass is 32.2. The van der Waals surface area contributed by atoms with E-state index in [4.69, 9.17) is 4.74 Å². The van der Waals surface area contributed by atoms with Gasteiger partial charge in [0.15, 0.2) is 0 Å². The Hall–Kier alpha value is -0.240. The van der Waals surface area contributed by atoms with Crippen LogP contribution < -0.4 is 0 Å². The molecule has 0 heterocycles. The minimum absolute atomic E-state index is 0.391. The highest BCUT2D eigenvalue weighted by Gasteiger charge is 2.05. The molecule has 84 valence electrons. The molecule has 1 aromatic carbocycles. The number of rotatable bonds is 6. The van der Waals surface area contributed by atoms with Crippen molar-refractivity contribution in [3.8, 4) is 0 Å². The van der Waals surface area contributed by atoms with Gasteiger partial charge in [-0.1, -0.05) is 18.2 Å². The zero-order valence-corrected chi connectivity index (χ0v) is 10.9. The molecule has 0 atom stereocenters. The van der Waals surface area contributed by atoms with Crippen molar-refractivity contribution in [3.63, 3.8) is 0 Å². The van der Waals surface area contributed by atoms with E-state index in [1.165, 1.54) is 4.90 Å². The second-order valence-electron chi connectivity index (χ2n) is 3.77. The van der Waals surface area contributed by atoms with Crippen LogP contribution in [0, 0.1) is 0 Å². The summed E-state index contributed by atoms with van der Waals surface area (Å²) in [4.78, 5) is 1.25. The van der Waals surface area contributed by atoms with Gasteiger partial charge in [0.25, 0.3) is 0 Å². The van der Waals surface area contributed by atoms with Crippen molar-refractivity contribution in [2.75, 3.05) is 32.0 Å². The molecule has 0 aliphatic heterocycles. The second-order valence-corrected chi connectivity index (χ2v) is 8.35. The molecule has 0 amide bonds. The molecule has 0 N–H and O–H groups in total. The fourth-order valence-electron chi connectivity index (χ4n) is 1.02. The van der Waals surface area contributed by atoms with Gasteiger partial charge in [0.05, 0.1) is 13.0 Å². The minimum Gasteiger partial charge on any atom is -0.373 e. The summed E-state index contributed by atoms with van der Waals surface area (Å²) in [6, 6.07) is 10.2. The molecule has 0 bridgehead atoms. The molecule has 15 heavy (non-hydrogen) atoms. The largest absolute Gasteiger partial charge is 0.373 e. The molecule has 1 rings (SSSR count). The first-order valence-electron chi connectivity index (χ1n) is 4.87. The molecular formula is C11H17O2PS. The fraction of sp³-hybridized carbons (Fsp3) is 0.455. The topological polar surface area (TPSA) is 26.3 Å². The van der Waals surface area contributed by atoms with Crippen LogP contribution in [0.15, 0.2) is 35.2 Å². The van der Waals surface area contributed by atoms with Crippen LogP contribution in [0.4, 0.5) is 0 Å². The molecule has 1 aromatic rings.